The van der Waals surface area contributed by atoms with Gasteiger partial charge in [-0.15, -0.1) is 0 Å². The smallest absolute Gasteiger partial charge is 0.224 e. The third-order valence-corrected chi connectivity index (χ3v) is 6.31. The Labute approximate surface area is 175 Å². The molecule has 0 bridgehead atoms. The number of hydrogen-bond donors (Lipinski definition) is 2. The number of anilines is 1. The van der Waals surface area contributed by atoms with Gasteiger partial charge in [-0.1, -0.05) is 6.92 Å². The first-order valence-corrected chi connectivity index (χ1v) is 10.2. The standard InChI is InChI=1S/C23H26N4O3/c1-13-11-23(2,3)27(4)19-7-5-14(9-16(13)19)25-17-10-18(24-12-28)22(30)15-6-8-20(29)26-21(15)17/h5,7,9-10,12-13H,6,8,11H2,1-4H3,(H,24,28)(H,26,29). The summed E-state index contributed by atoms with van der Waals surface area (Å²) in [5.41, 5.74) is 4.80. The Morgan fingerprint density at radius 1 is 1.27 bits per heavy atom. The molecule has 7 heteroatoms. The van der Waals surface area contributed by atoms with Crippen LogP contribution in [0, 0.1) is 0 Å². The maximum Gasteiger partial charge on any atom is 0.224 e. The number of nitrogens with one attached hydrogen (secondary N) is 2. The average Bonchev–Trinajstić information content (AvgIpc) is 2.69. The Balaban J connectivity index is 1.79. The SMILES string of the molecule is CC1CC(C)(C)N(C)c2ccc(N=C3C=C(NC=O)C(=O)C4=C3NC(=O)CC4)cc21. The van der Waals surface area contributed by atoms with Gasteiger partial charge in [0.2, 0.25) is 18.1 Å². The molecular weight excluding hydrogens is 380 g/mol. The zero-order chi connectivity index (χ0) is 21.6. The fourth-order valence-corrected chi connectivity index (χ4v) is 4.56. The average molecular weight is 406 g/mol. The molecule has 2 N–H and O–H groups in total. The van der Waals surface area contributed by atoms with Crippen LogP contribution in [0.4, 0.5) is 11.4 Å². The summed E-state index contributed by atoms with van der Waals surface area (Å²) in [5.74, 6) is -0.0392. The summed E-state index contributed by atoms with van der Waals surface area (Å²) in [4.78, 5) is 42.6. The van der Waals surface area contributed by atoms with E-state index in [-0.39, 0.29) is 29.3 Å². The normalized spacial score (nSPS) is 24.1. The van der Waals surface area contributed by atoms with Crippen LogP contribution in [0.25, 0.3) is 0 Å². The number of nitrogens with zero attached hydrogens (tertiary/aromatic N) is 2. The van der Waals surface area contributed by atoms with Crippen LogP contribution in [0.15, 0.2) is 46.2 Å². The molecule has 4 rings (SSSR count). The van der Waals surface area contributed by atoms with Crippen molar-refractivity contribution in [1.82, 2.24) is 10.6 Å². The van der Waals surface area contributed by atoms with E-state index in [9.17, 15) is 14.4 Å². The quantitative estimate of drug-likeness (QED) is 0.597. The molecule has 3 aliphatic rings. The second kappa shape index (κ2) is 7.23. The summed E-state index contributed by atoms with van der Waals surface area (Å²) >= 11 is 0. The van der Waals surface area contributed by atoms with E-state index in [1.54, 1.807) is 0 Å². The number of amides is 2. The zero-order valence-corrected chi connectivity index (χ0v) is 17.7. The fourth-order valence-electron chi connectivity index (χ4n) is 4.56. The van der Waals surface area contributed by atoms with Gasteiger partial charge < -0.3 is 15.5 Å². The molecule has 1 aromatic carbocycles. The number of rotatable bonds is 3. The van der Waals surface area contributed by atoms with Crippen LogP contribution in [0.2, 0.25) is 0 Å². The Hall–Kier alpha value is -3.22. The van der Waals surface area contributed by atoms with Gasteiger partial charge in [-0.2, -0.15) is 0 Å². The van der Waals surface area contributed by atoms with Crippen molar-refractivity contribution in [3.8, 4) is 0 Å². The highest BCUT2D eigenvalue weighted by atomic mass is 16.2. The van der Waals surface area contributed by atoms with Crippen LogP contribution >= 0.6 is 0 Å². The molecule has 2 heterocycles. The number of aliphatic imine (C=N–C) groups is 1. The van der Waals surface area contributed by atoms with Gasteiger partial charge in [-0.25, -0.2) is 4.99 Å². The van der Waals surface area contributed by atoms with Crippen LogP contribution in [0.5, 0.6) is 0 Å². The van der Waals surface area contributed by atoms with Crippen LogP contribution < -0.4 is 15.5 Å². The van der Waals surface area contributed by atoms with E-state index < -0.39 is 0 Å². The Bertz CT molecular complexity index is 1050. The van der Waals surface area contributed by atoms with E-state index in [0.717, 1.165) is 12.1 Å². The number of Topliss-reactive ketones (excluding diaryl/α,β-unsaturated/α-hetero) is 1. The first-order chi connectivity index (χ1) is 14.2. The summed E-state index contributed by atoms with van der Waals surface area (Å²) in [7, 11) is 2.11. The highest BCUT2D eigenvalue weighted by Crippen LogP contribution is 2.43. The lowest BCUT2D eigenvalue weighted by molar-refractivity contribution is -0.121. The maximum absolute atomic E-state index is 12.6. The first-order valence-electron chi connectivity index (χ1n) is 10.2. The molecule has 1 aromatic rings. The minimum absolute atomic E-state index is 0.0772. The third-order valence-electron chi connectivity index (χ3n) is 6.31. The molecule has 0 fully saturated rings. The van der Waals surface area contributed by atoms with Crippen molar-refractivity contribution in [3.63, 3.8) is 0 Å². The largest absolute Gasteiger partial charge is 0.369 e. The lowest BCUT2D eigenvalue weighted by Crippen LogP contribution is -2.45. The van der Waals surface area contributed by atoms with E-state index in [0.29, 0.717) is 35.7 Å². The highest BCUT2D eigenvalue weighted by Gasteiger charge is 2.34. The van der Waals surface area contributed by atoms with Crippen LogP contribution in [-0.4, -0.2) is 36.4 Å². The number of benzene rings is 1. The van der Waals surface area contributed by atoms with Crippen molar-refractivity contribution >= 4 is 35.2 Å². The molecule has 7 nitrogen and oxygen atoms in total. The predicted molar refractivity (Wildman–Crippen MR) is 116 cm³/mol. The van der Waals surface area contributed by atoms with Gasteiger partial charge in [0.05, 0.1) is 22.8 Å². The van der Waals surface area contributed by atoms with Crippen molar-refractivity contribution in [1.29, 1.82) is 0 Å². The van der Waals surface area contributed by atoms with Gasteiger partial charge in [-0.05, 0) is 62.4 Å². The molecule has 0 saturated heterocycles. The number of carbonyl (C=O) groups is 3. The van der Waals surface area contributed by atoms with Gasteiger partial charge in [0.1, 0.15) is 0 Å². The fraction of sp³-hybridized carbons (Fsp3) is 0.391. The molecule has 0 saturated carbocycles. The number of ketones is 1. The van der Waals surface area contributed by atoms with Crippen LogP contribution in [0.1, 0.15) is 51.5 Å². The van der Waals surface area contributed by atoms with Crippen LogP contribution in [0.3, 0.4) is 0 Å². The van der Waals surface area contributed by atoms with Gasteiger partial charge in [-0.3, -0.25) is 14.4 Å². The first kappa shape index (κ1) is 20.1. The van der Waals surface area contributed by atoms with E-state index in [1.807, 2.05) is 6.07 Å². The Morgan fingerprint density at radius 3 is 2.77 bits per heavy atom. The minimum atomic E-state index is -0.279. The summed E-state index contributed by atoms with van der Waals surface area (Å²) in [6.07, 6.45) is 3.61. The molecular formula is C23H26N4O3. The summed E-state index contributed by atoms with van der Waals surface area (Å²) in [6, 6.07) is 6.09. The summed E-state index contributed by atoms with van der Waals surface area (Å²) in [6.45, 7) is 6.70. The molecule has 0 aromatic heterocycles. The molecule has 2 amide bonds. The number of carbonyl (C=O) groups excluding carboxylic acids is 3. The second-order valence-electron chi connectivity index (χ2n) is 8.77. The van der Waals surface area contributed by atoms with E-state index in [2.05, 4.69) is 55.5 Å². The summed E-state index contributed by atoms with van der Waals surface area (Å²) < 4.78 is 0. The molecule has 1 atom stereocenters. The topological polar surface area (TPSA) is 90.9 Å². The zero-order valence-electron chi connectivity index (χ0n) is 17.7. The molecule has 1 aliphatic carbocycles. The molecule has 30 heavy (non-hydrogen) atoms. The lowest BCUT2D eigenvalue weighted by atomic mass is 9.80. The van der Waals surface area contributed by atoms with E-state index in [4.69, 9.17) is 4.99 Å². The molecule has 156 valence electrons. The third kappa shape index (κ3) is 3.34. The van der Waals surface area contributed by atoms with Crippen molar-refractivity contribution in [2.75, 3.05) is 11.9 Å². The van der Waals surface area contributed by atoms with Gasteiger partial charge in [0.25, 0.3) is 0 Å². The van der Waals surface area contributed by atoms with E-state index in [1.165, 1.54) is 17.3 Å². The van der Waals surface area contributed by atoms with Crippen molar-refractivity contribution < 1.29 is 14.4 Å². The monoisotopic (exact) mass is 406 g/mol. The van der Waals surface area contributed by atoms with Gasteiger partial charge in [0.15, 0.2) is 0 Å². The van der Waals surface area contributed by atoms with Crippen molar-refractivity contribution in [2.45, 2.75) is 51.5 Å². The second-order valence-corrected chi connectivity index (χ2v) is 8.77. The van der Waals surface area contributed by atoms with Crippen molar-refractivity contribution in [3.05, 3.63) is 46.8 Å². The molecule has 0 radical (unpaired) electrons. The summed E-state index contributed by atoms with van der Waals surface area (Å²) in [5, 5.41) is 5.25. The molecule has 0 spiro atoms. The van der Waals surface area contributed by atoms with Gasteiger partial charge >= 0.3 is 0 Å². The highest BCUT2D eigenvalue weighted by molar-refractivity contribution is 6.26. The predicted octanol–water partition coefficient (Wildman–Crippen LogP) is 2.86. The Kier molecular flexibility index (Phi) is 4.84. The lowest BCUT2D eigenvalue weighted by Gasteiger charge is -2.45. The van der Waals surface area contributed by atoms with Gasteiger partial charge in [0, 0.05) is 30.3 Å². The number of allylic oxidation sites excluding steroid dienone is 2. The number of fused-ring (bicyclic) bond motifs is 1. The van der Waals surface area contributed by atoms with Crippen molar-refractivity contribution in [2.24, 2.45) is 4.99 Å². The van der Waals surface area contributed by atoms with E-state index >= 15 is 0 Å². The molecule has 2 aliphatic heterocycles. The number of hydrogen-bond acceptors (Lipinski definition) is 5. The Morgan fingerprint density at radius 2 is 2.03 bits per heavy atom. The van der Waals surface area contributed by atoms with Crippen LogP contribution in [-0.2, 0) is 14.4 Å². The molecule has 1 unspecified atom stereocenters. The minimum Gasteiger partial charge on any atom is -0.369 e. The maximum atomic E-state index is 12.6.